The van der Waals surface area contributed by atoms with Crippen molar-refractivity contribution in [1.82, 2.24) is 14.7 Å². The number of hydrogen-bond donors (Lipinski definition) is 0. The van der Waals surface area contributed by atoms with Gasteiger partial charge in [-0.25, -0.2) is 0 Å². The van der Waals surface area contributed by atoms with Crippen LogP contribution in [0.2, 0.25) is 0 Å². The van der Waals surface area contributed by atoms with Gasteiger partial charge in [-0.15, -0.1) is 0 Å². The van der Waals surface area contributed by atoms with Gasteiger partial charge in [-0.1, -0.05) is 36.4 Å². The fraction of sp³-hybridized carbons (Fsp3) is 0.480. The first-order chi connectivity index (χ1) is 14.5. The molecule has 0 saturated carbocycles. The summed E-state index contributed by atoms with van der Waals surface area (Å²) < 4.78 is 5.28. The Kier molecular flexibility index (Phi) is 6.11. The standard InChI is InChI=1S/C25H33N3O2/c1-18-7-5-6-8-22(18)25-23-16-27(13-19-9-11-21(30-4)12-10-19)14-20(23)15-28(25)24(29)17-26(2)3/h5-12,20,23,25H,13-17H2,1-4H3/t20-,23-,25+/m1/s1. The Labute approximate surface area is 180 Å². The maximum absolute atomic E-state index is 13.1. The van der Waals surface area contributed by atoms with E-state index in [9.17, 15) is 4.79 Å². The quantitative estimate of drug-likeness (QED) is 0.737. The van der Waals surface area contributed by atoms with E-state index in [0.29, 0.717) is 18.4 Å². The molecule has 2 aromatic rings. The van der Waals surface area contributed by atoms with Gasteiger partial charge in [-0.2, -0.15) is 0 Å². The van der Waals surface area contributed by atoms with Gasteiger partial charge in [0.15, 0.2) is 0 Å². The molecule has 0 unspecified atom stereocenters. The van der Waals surface area contributed by atoms with Crippen molar-refractivity contribution in [3.8, 4) is 5.75 Å². The molecule has 5 nitrogen and oxygen atoms in total. The van der Waals surface area contributed by atoms with Crippen LogP contribution in [0.4, 0.5) is 0 Å². The molecule has 2 aliphatic heterocycles. The van der Waals surface area contributed by atoms with Crippen molar-refractivity contribution in [2.45, 2.75) is 19.5 Å². The Morgan fingerprint density at radius 3 is 2.47 bits per heavy atom. The highest BCUT2D eigenvalue weighted by molar-refractivity contribution is 5.79. The molecule has 0 radical (unpaired) electrons. The number of aryl methyl sites for hydroxylation is 1. The zero-order valence-corrected chi connectivity index (χ0v) is 18.5. The molecular weight excluding hydrogens is 374 g/mol. The second-order valence-corrected chi connectivity index (χ2v) is 9.05. The van der Waals surface area contributed by atoms with Crippen LogP contribution < -0.4 is 4.74 Å². The molecule has 2 heterocycles. The summed E-state index contributed by atoms with van der Waals surface area (Å²) in [6, 6.07) is 17.1. The molecule has 0 bridgehead atoms. The van der Waals surface area contributed by atoms with Gasteiger partial charge < -0.3 is 14.5 Å². The summed E-state index contributed by atoms with van der Waals surface area (Å²) in [5, 5.41) is 0. The number of likely N-dealkylation sites (tertiary alicyclic amines) is 2. The van der Waals surface area contributed by atoms with E-state index in [-0.39, 0.29) is 11.9 Å². The molecule has 4 rings (SSSR count). The summed E-state index contributed by atoms with van der Waals surface area (Å²) in [7, 11) is 5.63. The number of rotatable bonds is 6. The summed E-state index contributed by atoms with van der Waals surface area (Å²) in [6.45, 7) is 6.52. The zero-order valence-electron chi connectivity index (χ0n) is 18.5. The predicted molar refractivity (Wildman–Crippen MR) is 119 cm³/mol. The van der Waals surface area contributed by atoms with Gasteiger partial charge in [0, 0.05) is 32.1 Å². The molecule has 160 valence electrons. The largest absolute Gasteiger partial charge is 0.497 e. The number of nitrogens with zero attached hydrogens (tertiary/aromatic N) is 3. The highest BCUT2D eigenvalue weighted by Crippen LogP contribution is 2.46. The summed E-state index contributed by atoms with van der Waals surface area (Å²) in [6.07, 6.45) is 0. The molecule has 2 aromatic carbocycles. The number of fused-ring (bicyclic) bond motifs is 1. The highest BCUT2D eigenvalue weighted by Gasteiger charge is 2.49. The lowest BCUT2D eigenvalue weighted by atomic mass is 9.87. The monoisotopic (exact) mass is 407 g/mol. The fourth-order valence-electron chi connectivity index (χ4n) is 5.19. The third kappa shape index (κ3) is 4.23. The normalized spacial score (nSPS) is 23.8. The van der Waals surface area contributed by atoms with E-state index in [1.54, 1.807) is 7.11 Å². The average molecular weight is 408 g/mol. The fourth-order valence-corrected chi connectivity index (χ4v) is 5.19. The Balaban J connectivity index is 1.54. The third-order valence-electron chi connectivity index (χ3n) is 6.58. The Hall–Kier alpha value is -2.37. The summed E-state index contributed by atoms with van der Waals surface area (Å²) >= 11 is 0. The van der Waals surface area contributed by atoms with Gasteiger partial charge in [0.05, 0.1) is 19.7 Å². The molecule has 2 aliphatic rings. The van der Waals surface area contributed by atoms with Crippen molar-refractivity contribution in [2.24, 2.45) is 11.8 Å². The van der Waals surface area contributed by atoms with Crippen molar-refractivity contribution in [1.29, 1.82) is 0 Å². The summed E-state index contributed by atoms with van der Waals surface area (Å²) in [4.78, 5) is 19.8. The predicted octanol–water partition coefficient (Wildman–Crippen LogP) is 3.20. The average Bonchev–Trinajstić information content (AvgIpc) is 3.26. The Morgan fingerprint density at radius 2 is 1.80 bits per heavy atom. The van der Waals surface area contributed by atoms with Crippen molar-refractivity contribution in [2.75, 3.05) is 47.4 Å². The molecule has 3 atom stereocenters. The lowest BCUT2D eigenvalue weighted by Gasteiger charge is -2.31. The van der Waals surface area contributed by atoms with E-state index in [1.807, 2.05) is 31.1 Å². The number of ether oxygens (including phenoxy) is 1. The minimum Gasteiger partial charge on any atom is -0.497 e. The second kappa shape index (κ2) is 8.78. The first-order valence-electron chi connectivity index (χ1n) is 10.8. The first-order valence-corrected chi connectivity index (χ1v) is 10.8. The molecular formula is C25H33N3O2. The van der Waals surface area contributed by atoms with E-state index in [4.69, 9.17) is 4.74 Å². The zero-order chi connectivity index (χ0) is 21.3. The van der Waals surface area contributed by atoms with Crippen molar-refractivity contribution in [3.63, 3.8) is 0 Å². The van der Waals surface area contributed by atoms with Crippen LogP contribution in [-0.2, 0) is 11.3 Å². The van der Waals surface area contributed by atoms with Crippen molar-refractivity contribution in [3.05, 3.63) is 65.2 Å². The third-order valence-corrected chi connectivity index (χ3v) is 6.58. The van der Waals surface area contributed by atoms with Crippen LogP contribution in [-0.4, -0.2) is 68.0 Å². The van der Waals surface area contributed by atoms with Gasteiger partial charge in [0.1, 0.15) is 5.75 Å². The summed E-state index contributed by atoms with van der Waals surface area (Å²) in [5.74, 6) is 2.14. The minimum absolute atomic E-state index is 0.171. The van der Waals surface area contributed by atoms with Gasteiger partial charge in [0.2, 0.25) is 5.91 Å². The molecule has 2 fully saturated rings. The topological polar surface area (TPSA) is 36.0 Å². The highest BCUT2D eigenvalue weighted by atomic mass is 16.5. The Morgan fingerprint density at radius 1 is 1.07 bits per heavy atom. The van der Waals surface area contributed by atoms with Gasteiger partial charge >= 0.3 is 0 Å². The van der Waals surface area contributed by atoms with Crippen LogP contribution in [0.1, 0.15) is 22.7 Å². The van der Waals surface area contributed by atoms with Crippen LogP contribution >= 0.6 is 0 Å². The number of carbonyl (C=O) groups excluding carboxylic acids is 1. The molecule has 0 aromatic heterocycles. The number of amides is 1. The van der Waals surface area contributed by atoms with Crippen LogP contribution in [0.5, 0.6) is 5.75 Å². The number of methoxy groups -OCH3 is 1. The van der Waals surface area contributed by atoms with E-state index in [0.717, 1.165) is 31.9 Å². The number of likely N-dealkylation sites (N-methyl/N-ethyl adjacent to an activating group) is 1. The minimum atomic E-state index is 0.171. The lowest BCUT2D eigenvalue weighted by Crippen LogP contribution is -2.40. The van der Waals surface area contributed by atoms with Crippen LogP contribution in [0.15, 0.2) is 48.5 Å². The molecule has 2 saturated heterocycles. The molecule has 5 heteroatoms. The van der Waals surface area contributed by atoms with Crippen LogP contribution in [0.3, 0.4) is 0 Å². The first kappa shape index (κ1) is 20.9. The number of benzene rings is 2. The molecule has 0 N–H and O–H groups in total. The van der Waals surface area contributed by atoms with Gasteiger partial charge in [-0.05, 0) is 55.8 Å². The van der Waals surface area contributed by atoms with E-state index < -0.39 is 0 Å². The number of carbonyl (C=O) groups is 1. The SMILES string of the molecule is COc1ccc(CN2C[C@@H]3CN(C(=O)CN(C)C)[C@@H](c4ccccc4C)[C@@H]3C2)cc1. The molecule has 0 aliphatic carbocycles. The van der Waals surface area contributed by atoms with Crippen LogP contribution in [0.25, 0.3) is 0 Å². The molecule has 0 spiro atoms. The smallest absolute Gasteiger partial charge is 0.237 e. The van der Waals surface area contributed by atoms with E-state index in [1.165, 1.54) is 16.7 Å². The van der Waals surface area contributed by atoms with E-state index >= 15 is 0 Å². The maximum atomic E-state index is 13.1. The molecule has 30 heavy (non-hydrogen) atoms. The van der Waals surface area contributed by atoms with Crippen molar-refractivity contribution < 1.29 is 9.53 Å². The van der Waals surface area contributed by atoms with Gasteiger partial charge in [-0.3, -0.25) is 9.69 Å². The van der Waals surface area contributed by atoms with Crippen molar-refractivity contribution >= 4 is 5.91 Å². The Bertz CT molecular complexity index is 880. The lowest BCUT2D eigenvalue weighted by molar-refractivity contribution is -0.133. The second-order valence-electron chi connectivity index (χ2n) is 9.05. The molecule has 1 amide bonds. The summed E-state index contributed by atoms with van der Waals surface area (Å²) in [5.41, 5.74) is 3.89. The van der Waals surface area contributed by atoms with E-state index in [2.05, 4.69) is 53.1 Å². The van der Waals surface area contributed by atoms with Crippen LogP contribution in [0, 0.1) is 18.8 Å². The maximum Gasteiger partial charge on any atom is 0.237 e. The number of hydrogen-bond acceptors (Lipinski definition) is 4. The van der Waals surface area contributed by atoms with Gasteiger partial charge in [0.25, 0.3) is 0 Å².